The van der Waals surface area contributed by atoms with Crippen molar-refractivity contribution in [2.45, 2.75) is 16.8 Å². The fourth-order valence-corrected chi connectivity index (χ4v) is 3.49. The van der Waals surface area contributed by atoms with E-state index in [-0.39, 0.29) is 17.8 Å². The highest BCUT2D eigenvalue weighted by Gasteiger charge is 2.19. The number of hydrogen-bond donors (Lipinski definition) is 3. The molecule has 0 aromatic heterocycles. The van der Waals surface area contributed by atoms with Gasteiger partial charge in [0.05, 0.1) is 17.8 Å². The molecule has 1 heterocycles. The average molecular weight is 373 g/mol. The zero-order valence-corrected chi connectivity index (χ0v) is 14.8. The summed E-state index contributed by atoms with van der Waals surface area (Å²) in [4.78, 5) is 17.7. The van der Waals surface area contributed by atoms with Gasteiger partial charge in [-0.05, 0) is 23.8 Å². The third-order valence-corrected chi connectivity index (χ3v) is 4.97. The second-order valence-electron chi connectivity index (χ2n) is 5.33. The Bertz CT molecular complexity index is 812. The van der Waals surface area contributed by atoms with Crippen molar-refractivity contribution in [2.24, 2.45) is 10.7 Å². The van der Waals surface area contributed by atoms with Crippen LogP contribution in [0.3, 0.4) is 0 Å². The van der Waals surface area contributed by atoms with E-state index in [1.165, 1.54) is 6.20 Å². The first kappa shape index (κ1) is 17.4. The third kappa shape index (κ3) is 4.55. The average Bonchev–Trinajstić information content (AvgIpc) is 3.03. The lowest BCUT2D eigenvalue weighted by Gasteiger charge is -2.08. The molecule has 1 aliphatic rings. The van der Waals surface area contributed by atoms with Gasteiger partial charge in [-0.2, -0.15) is 0 Å². The van der Waals surface area contributed by atoms with E-state index in [1.54, 1.807) is 24.0 Å². The van der Waals surface area contributed by atoms with E-state index in [4.69, 9.17) is 17.3 Å². The van der Waals surface area contributed by atoms with Crippen molar-refractivity contribution in [2.75, 3.05) is 5.32 Å². The molecule has 1 atom stereocenters. The number of carbonyl (C=O) groups is 1. The summed E-state index contributed by atoms with van der Waals surface area (Å²) in [5, 5.41) is 6.58. The van der Waals surface area contributed by atoms with Crippen molar-refractivity contribution < 1.29 is 4.79 Å². The molecule has 0 saturated carbocycles. The summed E-state index contributed by atoms with van der Waals surface area (Å²) in [7, 11) is 0. The Hall–Kier alpha value is -2.44. The van der Waals surface area contributed by atoms with Crippen LogP contribution in [0.15, 0.2) is 70.3 Å². The van der Waals surface area contributed by atoms with Gasteiger partial charge in [-0.1, -0.05) is 53.7 Å². The number of amides is 1. The molecular weight excluding hydrogens is 356 g/mol. The lowest BCUT2D eigenvalue weighted by molar-refractivity contribution is -0.119. The molecule has 0 fully saturated rings. The Kier molecular flexibility index (Phi) is 5.63. The van der Waals surface area contributed by atoms with E-state index in [9.17, 15) is 4.79 Å². The molecule has 1 amide bonds. The maximum atomic E-state index is 12.2. The van der Waals surface area contributed by atoms with Crippen LogP contribution in [-0.4, -0.2) is 17.6 Å². The van der Waals surface area contributed by atoms with E-state index in [2.05, 4.69) is 15.6 Å². The van der Waals surface area contributed by atoms with Crippen molar-refractivity contribution in [3.63, 3.8) is 0 Å². The second-order valence-corrected chi connectivity index (χ2v) is 6.86. The zero-order valence-electron chi connectivity index (χ0n) is 13.3. The number of halogens is 1. The summed E-state index contributed by atoms with van der Waals surface area (Å²) in [5.74, 6) is -0.202. The van der Waals surface area contributed by atoms with Crippen molar-refractivity contribution in [1.82, 2.24) is 5.32 Å². The van der Waals surface area contributed by atoms with Crippen LogP contribution in [0.4, 0.5) is 5.69 Å². The van der Waals surface area contributed by atoms with Gasteiger partial charge in [0.25, 0.3) is 0 Å². The normalized spacial score (nSPS) is 16.5. The number of carbonyl (C=O) groups excluding carboxylic acids is 1. The molecule has 2 aromatic rings. The molecule has 1 unspecified atom stereocenters. The Balaban J connectivity index is 1.57. The van der Waals surface area contributed by atoms with Crippen LogP contribution in [0.5, 0.6) is 0 Å². The standard InChI is InChI=1S/C18H17ClN4OS/c19-14-6-2-1-5-12(14)9-17(24)22-13(10-20)11-21-18-23-15-7-3-4-8-16(15)25-18/h1-8,10-11,18,23H,9,20H2,(H,22,24). The van der Waals surface area contributed by atoms with Gasteiger partial charge in [0.2, 0.25) is 5.91 Å². The number of para-hydroxylation sites is 1. The number of aliphatic imine (C=N–C) groups is 1. The van der Waals surface area contributed by atoms with Crippen LogP contribution in [0.25, 0.3) is 0 Å². The highest BCUT2D eigenvalue weighted by molar-refractivity contribution is 8.00. The first-order valence-corrected chi connectivity index (χ1v) is 8.92. The second kappa shape index (κ2) is 8.09. The number of benzene rings is 2. The molecule has 2 aromatic carbocycles. The molecule has 4 N–H and O–H groups in total. The molecule has 5 nitrogen and oxygen atoms in total. The van der Waals surface area contributed by atoms with Crippen LogP contribution in [0.2, 0.25) is 5.02 Å². The molecule has 128 valence electrons. The summed E-state index contributed by atoms with van der Waals surface area (Å²) < 4.78 is 0. The van der Waals surface area contributed by atoms with Crippen molar-refractivity contribution in [3.05, 3.63) is 71.0 Å². The van der Waals surface area contributed by atoms with Crippen molar-refractivity contribution in [3.8, 4) is 0 Å². The van der Waals surface area contributed by atoms with Crippen LogP contribution in [-0.2, 0) is 11.2 Å². The molecule has 0 bridgehead atoms. The summed E-state index contributed by atoms with van der Waals surface area (Å²) in [6, 6.07) is 15.2. The van der Waals surface area contributed by atoms with Gasteiger partial charge in [-0.3, -0.25) is 9.79 Å². The summed E-state index contributed by atoms with van der Waals surface area (Å²) in [6.07, 6.45) is 3.05. The number of nitrogens with one attached hydrogen (secondary N) is 2. The molecule has 3 rings (SSSR count). The summed E-state index contributed by atoms with van der Waals surface area (Å²) in [5.41, 5.74) is 7.70. The first-order valence-electron chi connectivity index (χ1n) is 7.66. The number of rotatable bonds is 5. The predicted octanol–water partition coefficient (Wildman–Crippen LogP) is 3.37. The van der Waals surface area contributed by atoms with Crippen LogP contribution in [0, 0.1) is 0 Å². The summed E-state index contributed by atoms with van der Waals surface area (Å²) >= 11 is 7.68. The highest BCUT2D eigenvalue weighted by atomic mass is 35.5. The van der Waals surface area contributed by atoms with Gasteiger partial charge in [0.1, 0.15) is 0 Å². The monoisotopic (exact) mass is 372 g/mol. The van der Waals surface area contributed by atoms with Gasteiger partial charge in [0.15, 0.2) is 5.50 Å². The van der Waals surface area contributed by atoms with Gasteiger partial charge in [0, 0.05) is 22.3 Å². The molecular formula is C18H17ClN4OS. The first-order chi connectivity index (χ1) is 12.2. The van der Waals surface area contributed by atoms with Gasteiger partial charge in [-0.25, -0.2) is 0 Å². The van der Waals surface area contributed by atoms with E-state index < -0.39 is 0 Å². The third-order valence-electron chi connectivity index (χ3n) is 3.53. The molecule has 0 saturated heterocycles. The Morgan fingerprint density at radius 2 is 2.04 bits per heavy atom. The smallest absolute Gasteiger partial charge is 0.228 e. The zero-order chi connectivity index (χ0) is 17.6. The van der Waals surface area contributed by atoms with E-state index >= 15 is 0 Å². The van der Waals surface area contributed by atoms with Crippen LogP contribution in [0.1, 0.15) is 5.56 Å². The SMILES string of the molecule is NC=C(C=NC1Nc2ccccc2S1)NC(=O)Cc1ccccc1Cl. The molecule has 7 heteroatoms. The van der Waals surface area contributed by atoms with Gasteiger partial charge >= 0.3 is 0 Å². The molecule has 0 radical (unpaired) electrons. The van der Waals surface area contributed by atoms with Crippen molar-refractivity contribution in [1.29, 1.82) is 0 Å². The molecule has 1 aliphatic heterocycles. The largest absolute Gasteiger partial charge is 0.403 e. The Labute approximate surface area is 155 Å². The minimum atomic E-state index is -0.202. The van der Waals surface area contributed by atoms with Gasteiger partial charge < -0.3 is 16.4 Å². The number of fused-ring (bicyclic) bond motifs is 1. The van der Waals surface area contributed by atoms with E-state index in [0.29, 0.717) is 10.7 Å². The van der Waals surface area contributed by atoms with E-state index in [0.717, 1.165) is 16.1 Å². The number of nitrogens with zero attached hydrogens (tertiary/aromatic N) is 1. The number of hydrogen-bond acceptors (Lipinski definition) is 5. The minimum absolute atomic E-state index is 0.146. The number of thioether (sulfide) groups is 1. The molecule has 0 spiro atoms. The van der Waals surface area contributed by atoms with Gasteiger partial charge in [-0.15, -0.1) is 0 Å². The predicted molar refractivity (Wildman–Crippen MR) is 104 cm³/mol. The fourth-order valence-electron chi connectivity index (χ4n) is 2.32. The lowest BCUT2D eigenvalue weighted by Crippen LogP contribution is -2.26. The topological polar surface area (TPSA) is 79.5 Å². The van der Waals surface area contributed by atoms with Crippen LogP contribution >= 0.6 is 23.4 Å². The highest BCUT2D eigenvalue weighted by Crippen LogP contribution is 2.38. The Morgan fingerprint density at radius 3 is 2.80 bits per heavy atom. The quantitative estimate of drug-likeness (QED) is 0.703. The number of allylic oxidation sites excluding steroid dienone is 1. The van der Waals surface area contributed by atoms with E-state index in [1.807, 2.05) is 42.5 Å². The Morgan fingerprint density at radius 1 is 1.28 bits per heavy atom. The summed E-state index contributed by atoms with van der Waals surface area (Å²) in [6.45, 7) is 0. The molecule has 25 heavy (non-hydrogen) atoms. The fraction of sp³-hybridized carbons (Fsp3) is 0.111. The lowest BCUT2D eigenvalue weighted by atomic mass is 10.1. The van der Waals surface area contributed by atoms with Crippen molar-refractivity contribution >= 4 is 41.2 Å². The van der Waals surface area contributed by atoms with Crippen LogP contribution < -0.4 is 16.4 Å². The number of nitrogens with two attached hydrogens (primary N) is 1. The number of anilines is 1. The molecule has 0 aliphatic carbocycles. The minimum Gasteiger partial charge on any atom is -0.403 e. The maximum Gasteiger partial charge on any atom is 0.228 e. The maximum absolute atomic E-state index is 12.2.